The minimum Gasteiger partial charge on any atom is -0.319 e. The Labute approximate surface area is 114 Å². The molecule has 1 aromatic heterocycles. The van der Waals surface area contributed by atoms with Gasteiger partial charge in [-0.3, -0.25) is 9.78 Å². The Bertz CT molecular complexity index is 649. The van der Waals surface area contributed by atoms with Crippen molar-refractivity contribution in [1.82, 2.24) is 4.98 Å². The number of rotatable bonds is 2. The number of anilines is 1. The highest BCUT2D eigenvalue weighted by Gasteiger charge is 2.13. The van der Waals surface area contributed by atoms with Crippen LogP contribution >= 0.6 is 15.9 Å². The molecule has 98 valence electrons. The Morgan fingerprint density at radius 2 is 1.74 bits per heavy atom. The van der Waals surface area contributed by atoms with Crippen LogP contribution in [0.4, 0.5) is 18.9 Å². The highest BCUT2D eigenvalue weighted by Crippen LogP contribution is 2.19. The van der Waals surface area contributed by atoms with Gasteiger partial charge < -0.3 is 5.32 Å². The lowest BCUT2D eigenvalue weighted by atomic mass is 10.2. The molecule has 0 radical (unpaired) electrons. The molecule has 1 aromatic carbocycles. The average Bonchev–Trinajstić information content (AvgIpc) is 2.36. The van der Waals surface area contributed by atoms with Gasteiger partial charge in [-0.15, -0.1) is 0 Å². The lowest BCUT2D eigenvalue weighted by molar-refractivity contribution is 0.102. The standard InChI is InChI=1S/C12H6BrF3N2O/c13-7-1-6(4-17-5-7)12(19)18-11-3-9(15)8(14)2-10(11)16/h1-5H,(H,18,19). The summed E-state index contributed by atoms with van der Waals surface area (Å²) in [6, 6.07) is 2.40. The maximum absolute atomic E-state index is 13.3. The van der Waals surface area contributed by atoms with Crippen molar-refractivity contribution >= 4 is 27.5 Å². The number of nitrogens with zero attached hydrogens (tertiary/aromatic N) is 1. The third-order valence-corrected chi connectivity index (χ3v) is 2.66. The molecule has 0 aliphatic carbocycles. The Kier molecular flexibility index (Phi) is 3.84. The van der Waals surface area contributed by atoms with Crippen LogP contribution in [0, 0.1) is 17.5 Å². The summed E-state index contributed by atoms with van der Waals surface area (Å²) in [5.41, 5.74) is -0.289. The zero-order valence-electron chi connectivity index (χ0n) is 9.25. The number of halogens is 4. The van der Waals surface area contributed by atoms with E-state index >= 15 is 0 Å². The van der Waals surface area contributed by atoms with Crippen molar-refractivity contribution in [3.8, 4) is 0 Å². The van der Waals surface area contributed by atoms with Crippen LogP contribution in [0.1, 0.15) is 10.4 Å². The fourth-order valence-electron chi connectivity index (χ4n) is 1.35. The molecule has 0 unspecified atom stereocenters. The molecule has 0 fully saturated rings. The second-order valence-corrected chi connectivity index (χ2v) is 4.51. The number of carbonyl (C=O) groups is 1. The van der Waals surface area contributed by atoms with Crippen LogP contribution in [0.3, 0.4) is 0 Å². The summed E-state index contributed by atoms with van der Waals surface area (Å²) in [4.78, 5) is 15.5. The second kappa shape index (κ2) is 5.40. The molecule has 0 aliphatic rings. The molecule has 0 spiro atoms. The van der Waals surface area contributed by atoms with Crippen LogP contribution in [0.25, 0.3) is 0 Å². The van der Waals surface area contributed by atoms with E-state index in [0.29, 0.717) is 16.6 Å². The van der Waals surface area contributed by atoms with Crippen molar-refractivity contribution in [2.75, 3.05) is 5.32 Å². The fourth-order valence-corrected chi connectivity index (χ4v) is 1.71. The van der Waals surface area contributed by atoms with Gasteiger partial charge in [0.25, 0.3) is 5.91 Å². The van der Waals surface area contributed by atoms with Crippen LogP contribution in [0.15, 0.2) is 35.1 Å². The normalized spacial score (nSPS) is 10.3. The third kappa shape index (κ3) is 3.11. The van der Waals surface area contributed by atoms with E-state index in [2.05, 4.69) is 26.2 Å². The van der Waals surface area contributed by atoms with E-state index < -0.39 is 29.0 Å². The van der Waals surface area contributed by atoms with Gasteiger partial charge in [0.05, 0.1) is 11.3 Å². The maximum atomic E-state index is 13.3. The third-order valence-electron chi connectivity index (χ3n) is 2.23. The van der Waals surface area contributed by atoms with E-state index in [1.54, 1.807) is 0 Å². The fraction of sp³-hybridized carbons (Fsp3) is 0. The summed E-state index contributed by atoms with van der Waals surface area (Å²) in [6.45, 7) is 0. The molecule has 0 saturated heterocycles. The molecule has 1 amide bonds. The molecule has 19 heavy (non-hydrogen) atoms. The zero-order valence-corrected chi connectivity index (χ0v) is 10.8. The van der Waals surface area contributed by atoms with E-state index in [0.717, 1.165) is 0 Å². The largest absolute Gasteiger partial charge is 0.319 e. The van der Waals surface area contributed by atoms with Crippen molar-refractivity contribution in [2.24, 2.45) is 0 Å². The number of pyridine rings is 1. The zero-order chi connectivity index (χ0) is 14.0. The molecule has 0 atom stereocenters. The summed E-state index contributed by atoms with van der Waals surface area (Å²) in [5, 5.41) is 2.14. The van der Waals surface area contributed by atoms with Gasteiger partial charge in [0, 0.05) is 29.0 Å². The SMILES string of the molecule is O=C(Nc1cc(F)c(F)cc1F)c1cncc(Br)c1. The van der Waals surface area contributed by atoms with Crippen LogP contribution in [-0.4, -0.2) is 10.9 Å². The molecular weight excluding hydrogens is 325 g/mol. The molecule has 1 N–H and O–H groups in total. The van der Waals surface area contributed by atoms with E-state index in [9.17, 15) is 18.0 Å². The predicted octanol–water partition coefficient (Wildman–Crippen LogP) is 3.51. The highest BCUT2D eigenvalue weighted by atomic mass is 79.9. The highest BCUT2D eigenvalue weighted by molar-refractivity contribution is 9.10. The molecule has 1 heterocycles. The van der Waals surface area contributed by atoms with Crippen LogP contribution in [0.2, 0.25) is 0 Å². The minimum absolute atomic E-state index is 0.151. The molecule has 2 rings (SSSR count). The number of amides is 1. The van der Waals surface area contributed by atoms with Crippen molar-refractivity contribution in [3.63, 3.8) is 0 Å². The van der Waals surface area contributed by atoms with Gasteiger partial charge >= 0.3 is 0 Å². The van der Waals surface area contributed by atoms with Crippen LogP contribution in [-0.2, 0) is 0 Å². The Balaban J connectivity index is 2.27. The van der Waals surface area contributed by atoms with Crippen molar-refractivity contribution < 1.29 is 18.0 Å². The number of hydrogen-bond acceptors (Lipinski definition) is 2. The van der Waals surface area contributed by atoms with Gasteiger partial charge in [-0.1, -0.05) is 0 Å². The van der Waals surface area contributed by atoms with Gasteiger partial charge in [-0.05, 0) is 22.0 Å². The summed E-state index contributed by atoms with van der Waals surface area (Å²) >= 11 is 3.13. The molecule has 7 heteroatoms. The quantitative estimate of drug-likeness (QED) is 0.856. The molecule has 0 bridgehead atoms. The molecule has 0 aliphatic heterocycles. The second-order valence-electron chi connectivity index (χ2n) is 3.59. The topological polar surface area (TPSA) is 42.0 Å². The van der Waals surface area contributed by atoms with Gasteiger partial charge in [0.1, 0.15) is 5.82 Å². The number of carbonyl (C=O) groups excluding carboxylic acids is 1. The first kappa shape index (κ1) is 13.5. The summed E-state index contributed by atoms with van der Waals surface area (Å²) in [5.74, 6) is -4.31. The lowest BCUT2D eigenvalue weighted by Gasteiger charge is -2.07. The van der Waals surface area contributed by atoms with Gasteiger partial charge in [0.2, 0.25) is 0 Å². The number of aromatic nitrogens is 1. The maximum Gasteiger partial charge on any atom is 0.257 e. The van der Waals surface area contributed by atoms with Crippen LogP contribution < -0.4 is 5.32 Å². The van der Waals surface area contributed by atoms with Crippen molar-refractivity contribution in [1.29, 1.82) is 0 Å². The van der Waals surface area contributed by atoms with Gasteiger partial charge in [-0.25, -0.2) is 13.2 Å². The first-order valence-corrected chi connectivity index (χ1v) is 5.83. The van der Waals surface area contributed by atoms with E-state index in [-0.39, 0.29) is 5.56 Å². The van der Waals surface area contributed by atoms with E-state index in [1.165, 1.54) is 18.5 Å². The van der Waals surface area contributed by atoms with E-state index in [1.807, 2.05) is 0 Å². The summed E-state index contributed by atoms with van der Waals surface area (Å²) in [7, 11) is 0. The summed E-state index contributed by atoms with van der Waals surface area (Å²) < 4.78 is 39.6. The summed E-state index contributed by atoms with van der Waals surface area (Å²) in [6.07, 6.45) is 2.73. The lowest BCUT2D eigenvalue weighted by Crippen LogP contribution is -2.13. The predicted molar refractivity (Wildman–Crippen MR) is 66.2 cm³/mol. The van der Waals surface area contributed by atoms with Crippen molar-refractivity contribution in [3.05, 3.63) is 58.1 Å². The first-order chi connectivity index (χ1) is 8.97. The number of benzene rings is 1. The van der Waals surface area contributed by atoms with Gasteiger partial charge in [0.15, 0.2) is 11.6 Å². The smallest absolute Gasteiger partial charge is 0.257 e. The Morgan fingerprint density at radius 3 is 2.42 bits per heavy atom. The Morgan fingerprint density at radius 1 is 1.05 bits per heavy atom. The Hall–Kier alpha value is -1.89. The molecule has 2 aromatic rings. The average molecular weight is 331 g/mol. The molecular formula is C12H6BrF3N2O. The first-order valence-electron chi connectivity index (χ1n) is 5.04. The van der Waals surface area contributed by atoms with Crippen molar-refractivity contribution in [2.45, 2.75) is 0 Å². The monoisotopic (exact) mass is 330 g/mol. The number of nitrogens with one attached hydrogen (secondary N) is 1. The van der Waals surface area contributed by atoms with E-state index in [4.69, 9.17) is 0 Å². The number of hydrogen-bond donors (Lipinski definition) is 1. The molecule has 3 nitrogen and oxygen atoms in total. The molecule has 0 saturated carbocycles. The van der Waals surface area contributed by atoms with Gasteiger partial charge in [-0.2, -0.15) is 0 Å². The van der Waals surface area contributed by atoms with Crippen LogP contribution in [0.5, 0.6) is 0 Å². The minimum atomic E-state index is -1.32.